The van der Waals surface area contributed by atoms with Crippen molar-refractivity contribution < 1.29 is 4.80 Å². The molecule has 88 heavy (non-hydrogen) atoms. The number of nitrogens with zero attached hydrogens (tertiary/aromatic N) is 6. The summed E-state index contributed by atoms with van der Waals surface area (Å²) in [5, 5.41) is 28.9. The lowest BCUT2D eigenvalue weighted by Gasteiger charge is -2.16. The van der Waals surface area contributed by atoms with Gasteiger partial charge in [0.25, 0.3) is 0 Å². The van der Waals surface area contributed by atoms with Crippen molar-refractivity contribution in [2.24, 2.45) is 11.8 Å². The first kappa shape index (κ1) is 66.9. The molecule has 2 atom stereocenters. The molecule has 2 aromatic carbocycles. The number of aryl methyl sites for hydroxylation is 2. The Morgan fingerprint density at radius 1 is 0.409 bits per heavy atom. The molecule has 0 aliphatic rings. The molecule has 0 spiro atoms. The van der Waals surface area contributed by atoms with E-state index in [9.17, 15) is 0 Å². The third kappa shape index (κ3) is 17.4. The number of rotatable bonds is 43. The second kappa shape index (κ2) is 35.1. The molecule has 6 nitrogen and oxygen atoms in total. The molecule has 0 radical (unpaired) electrons. The van der Waals surface area contributed by atoms with Crippen LogP contribution in [0, 0.1) is 11.8 Å². The average molecular weight is 1290 g/mol. The van der Waals surface area contributed by atoms with Gasteiger partial charge in [-0.25, -0.2) is 0 Å². The molecule has 0 aliphatic heterocycles. The summed E-state index contributed by atoms with van der Waals surface area (Å²) in [6.07, 6.45) is 44.5. The molecule has 2 unspecified atom stereocenters. The van der Waals surface area contributed by atoms with E-state index in [-0.39, 0.29) is 0 Å². The smallest absolute Gasteiger partial charge is 0.162 e. The fraction of sp³-hybridized carbons (Fsp3) is 0.579. The number of hydrogen-bond acceptors (Lipinski definition) is 9. The van der Waals surface area contributed by atoms with Crippen LogP contribution in [0.4, 0.5) is 0 Å². The van der Waals surface area contributed by atoms with Gasteiger partial charge in [-0.05, 0) is 103 Å². The Kier molecular flexibility index (Phi) is 26.7. The van der Waals surface area contributed by atoms with Crippen molar-refractivity contribution >= 4 is 110 Å². The third-order valence-corrected chi connectivity index (χ3v) is 25.1. The quantitative estimate of drug-likeness (QED) is 0.0282. The molecule has 0 aliphatic carbocycles. The monoisotopic (exact) mass is 1290 g/mol. The van der Waals surface area contributed by atoms with Crippen molar-refractivity contribution in [2.45, 2.75) is 273 Å². The van der Waals surface area contributed by atoms with Crippen molar-refractivity contribution in [3.05, 3.63) is 81.2 Å². The summed E-state index contributed by atoms with van der Waals surface area (Å²) in [5.41, 5.74) is 8.77. The van der Waals surface area contributed by atoms with Crippen molar-refractivity contribution in [3.8, 4) is 51.5 Å². The second-order valence-electron chi connectivity index (χ2n) is 25.7. The maximum absolute atomic E-state index is 5.42. The molecule has 8 heterocycles. The molecular weight excluding hydrogens is 1190 g/mol. The highest BCUT2D eigenvalue weighted by Crippen LogP contribution is 2.54. The maximum atomic E-state index is 5.42. The molecule has 0 saturated heterocycles. The first-order valence-electron chi connectivity index (χ1n) is 35.4. The maximum Gasteiger partial charge on any atom is 0.162 e. The van der Waals surface area contributed by atoms with E-state index in [0.717, 1.165) is 71.0 Å². The normalized spacial score (nSPS) is 12.8. The van der Waals surface area contributed by atoms with E-state index in [4.69, 9.17) is 20.4 Å². The number of fused-ring (bicyclic) bond motifs is 4. The number of benzene rings is 2. The van der Waals surface area contributed by atoms with Gasteiger partial charge in [0.1, 0.15) is 11.0 Å². The van der Waals surface area contributed by atoms with E-state index in [1.165, 1.54) is 266 Å². The van der Waals surface area contributed by atoms with Crippen LogP contribution in [0.5, 0.6) is 0 Å². The summed E-state index contributed by atoms with van der Waals surface area (Å²) in [6.45, 7) is 15.5. The molecule has 8 aromatic heterocycles. The second-order valence-corrected chi connectivity index (χ2v) is 32.1. The molecule has 10 aromatic rings. The van der Waals surface area contributed by atoms with E-state index in [1.807, 2.05) is 43.6 Å². The fourth-order valence-corrected chi connectivity index (χ4v) is 20.2. The number of hydrogen-bond donors (Lipinski definition) is 0. The highest BCUT2D eigenvalue weighted by Gasteiger charge is 2.27. The van der Waals surface area contributed by atoms with Crippen LogP contribution in [0.1, 0.15) is 257 Å². The third-order valence-electron chi connectivity index (χ3n) is 18.6. The zero-order chi connectivity index (χ0) is 60.9. The lowest BCUT2D eigenvalue weighted by molar-refractivity contribution is -0.804. The number of unbranched alkanes of at least 4 members (excludes halogenated alkanes) is 22. The Morgan fingerprint density at radius 3 is 1.49 bits per heavy atom. The largest absolute Gasteiger partial charge is 0.186 e. The van der Waals surface area contributed by atoms with Crippen molar-refractivity contribution in [2.75, 3.05) is 0 Å². The lowest BCUT2D eigenvalue weighted by atomic mass is 9.91. The van der Waals surface area contributed by atoms with Crippen LogP contribution in [0.2, 0.25) is 0 Å². The van der Waals surface area contributed by atoms with E-state index >= 15 is 0 Å². The SMILES string of the molecule is CCCCCCCCC(CCCCCC)Cc1ccc(-c2c3cc(-c4ccc(-c5c6nn(CCCCCC)nc6c(-c6cccs6)c6n[n+](CCCCCC)[n-]c56)s4)sc3c(-c3ccc(CC(CCCCCC)CCCCCCCC)s3)c3ccsc23)s1. The highest BCUT2D eigenvalue weighted by molar-refractivity contribution is 7.28. The van der Waals surface area contributed by atoms with Crippen molar-refractivity contribution in [1.29, 1.82) is 0 Å². The zero-order valence-electron chi connectivity index (χ0n) is 54.7. The Hall–Kier alpha value is -4.04. The molecule has 0 bridgehead atoms. The van der Waals surface area contributed by atoms with Gasteiger partial charge in [0, 0.05) is 98.9 Å². The predicted molar refractivity (Wildman–Crippen MR) is 392 cm³/mol. The number of thiophene rings is 6. The molecular formula is C76H104N6S6. The van der Waals surface area contributed by atoms with Crippen LogP contribution in [0.15, 0.2) is 71.4 Å². The van der Waals surface area contributed by atoms with Gasteiger partial charge in [0.2, 0.25) is 0 Å². The van der Waals surface area contributed by atoms with E-state index in [2.05, 4.69) is 136 Å². The fourth-order valence-electron chi connectivity index (χ4n) is 13.6. The highest BCUT2D eigenvalue weighted by atomic mass is 32.1. The van der Waals surface area contributed by atoms with Gasteiger partial charge in [-0.1, -0.05) is 234 Å². The Bertz CT molecular complexity index is 3440. The summed E-state index contributed by atoms with van der Waals surface area (Å²) >= 11 is 11.8. The minimum absolute atomic E-state index is 0.759. The first-order chi connectivity index (χ1) is 43.4. The van der Waals surface area contributed by atoms with Crippen LogP contribution in [-0.2, 0) is 25.9 Å². The summed E-state index contributed by atoms with van der Waals surface area (Å²) in [5.74, 6) is 1.52. The minimum Gasteiger partial charge on any atom is -0.186 e. The average Bonchev–Trinajstić information content (AvgIpc) is 1.58. The molecule has 12 heteroatoms. The van der Waals surface area contributed by atoms with Gasteiger partial charge in [-0.2, -0.15) is 30.0 Å². The topological polar surface area (TPSA) is 61.6 Å². The van der Waals surface area contributed by atoms with Crippen LogP contribution in [-0.4, -0.2) is 20.1 Å². The van der Waals surface area contributed by atoms with Gasteiger partial charge >= 0.3 is 0 Å². The van der Waals surface area contributed by atoms with E-state index in [0.29, 0.717) is 0 Å². The zero-order valence-corrected chi connectivity index (χ0v) is 59.6. The van der Waals surface area contributed by atoms with Crippen LogP contribution in [0.25, 0.3) is 93.8 Å². The Labute approximate surface area is 553 Å². The van der Waals surface area contributed by atoms with E-state index < -0.39 is 0 Å². The summed E-state index contributed by atoms with van der Waals surface area (Å²) in [4.78, 5) is 14.9. The molecule has 0 N–H and O–H groups in total. The number of aromatic nitrogens is 6. The summed E-state index contributed by atoms with van der Waals surface area (Å²) in [6, 6.07) is 24.2. The minimum atomic E-state index is 0.759. The molecule has 10 rings (SSSR count). The van der Waals surface area contributed by atoms with E-state index in [1.54, 1.807) is 21.1 Å². The molecule has 0 saturated carbocycles. The molecule has 474 valence electrons. The van der Waals surface area contributed by atoms with Gasteiger partial charge in [0.05, 0.1) is 6.54 Å². The molecule has 0 fully saturated rings. The van der Waals surface area contributed by atoms with Crippen LogP contribution in [0.3, 0.4) is 0 Å². The Morgan fingerprint density at radius 2 is 0.909 bits per heavy atom. The van der Waals surface area contributed by atoms with Gasteiger partial charge in [-0.3, -0.25) is 0 Å². The Balaban J connectivity index is 1.06. The molecule has 0 amide bonds. The first-order valence-corrected chi connectivity index (χ1v) is 40.4. The van der Waals surface area contributed by atoms with Crippen LogP contribution >= 0.6 is 68.0 Å². The van der Waals surface area contributed by atoms with Crippen LogP contribution < -0.4 is 9.90 Å². The van der Waals surface area contributed by atoms with Gasteiger partial charge in [-0.15, -0.1) is 68.0 Å². The lowest BCUT2D eigenvalue weighted by Crippen LogP contribution is -2.40. The van der Waals surface area contributed by atoms with Gasteiger partial charge < -0.3 is 0 Å². The summed E-state index contributed by atoms with van der Waals surface area (Å²) in [7, 11) is 0. The van der Waals surface area contributed by atoms with Gasteiger partial charge in [0.15, 0.2) is 6.54 Å². The summed E-state index contributed by atoms with van der Waals surface area (Å²) < 4.78 is 2.87. The standard InChI is InChI=1S/C76H104N6S6/c1-7-13-19-25-27-31-38-55(36-29-21-15-9-3)52-57-41-43-63(85-57)67-59-47-51-84-75(59)68(64-44-42-58(86-64)53-56(37-30-22-16-10-4)39-32-28-26-20-14-8-2)60-54-66(88-76(60)67)61-45-46-65(87-61)70-73-71(77-81(79-73)48-33-23-17-11-5)69(62-40-35-50-83-62)72-74(70)80-82(78-72)49-34-24-18-12-6/h35,40-47,50-51,54-56H,7-34,36-39,48-49,52-53H2,1-6H3. The van der Waals surface area contributed by atoms with Crippen molar-refractivity contribution in [1.82, 2.24) is 25.2 Å². The predicted octanol–water partition coefficient (Wildman–Crippen LogP) is 26.2. The van der Waals surface area contributed by atoms with Crippen molar-refractivity contribution in [3.63, 3.8) is 0 Å².